The number of nitrogens with zero attached hydrogens (tertiary/aromatic N) is 4. The molecule has 1 aliphatic rings. The summed E-state index contributed by atoms with van der Waals surface area (Å²) >= 11 is 4.81. The van der Waals surface area contributed by atoms with Crippen LogP contribution < -0.4 is 5.32 Å². The molecule has 1 saturated heterocycles. The molecule has 0 saturated carbocycles. The number of benzene rings is 1. The Balaban J connectivity index is 1.33. The Bertz CT molecular complexity index is 1020. The third kappa shape index (κ3) is 4.56. The van der Waals surface area contributed by atoms with Crippen LogP contribution in [0.1, 0.15) is 28.9 Å². The molecule has 1 aromatic carbocycles. The summed E-state index contributed by atoms with van der Waals surface area (Å²) in [7, 11) is 0. The van der Waals surface area contributed by atoms with Crippen molar-refractivity contribution < 1.29 is 9.59 Å². The van der Waals surface area contributed by atoms with E-state index < -0.39 is 0 Å². The van der Waals surface area contributed by atoms with Gasteiger partial charge in [-0.25, -0.2) is 9.67 Å². The number of hydrogen-bond acceptors (Lipinski definition) is 5. The predicted molar refractivity (Wildman–Crippen MR) is 115 cm³/mol. The molecule has 9 heteroatoms. The van der Waals surface area contributed by atoms with E-state index in [-0.39, 0.29) is 17.7 Å². The molecule has 0 atom stereocenters. The first-order valence-corrected chi connectivity index (χ1v) is 11.0. The van der Waals surface area contributed by atoms with Crippen LogP contribution in [0.3, 0.4) is 0 Å². The number of piperidine rings is 1. The van der Waals surface area contributed by atoms with Gasteiger partial charge in [-0.05, 0) is 60.0 Å². The zero-order valence-electron chi connectivity index (χ0n) is 15.8. The minimum atomic E-state index is -0.0936. The first-order valence-electron chi connectivity index (χ1n) is 9.32. The number of thiazole rings is 1. The molecule has 0 aliphatic carbocycles. The Morgan fingerprint density at radius 1 is 1.21 bits per heavy atom. The summed E-state index contributed by atoms with van der Waals surface area (Å²) in [4.78, 5) is 31.3. The highest BCUT2D eigenvalue weighted by Crippen LogP contribution is 2.23. The molecule has 0 spiro atoms. The standard InChI is InChI=1S/C20H20BrN5O2S/c1-13-12-29-20(23-13)24-18(27)14-6-8-25(9-7-14)19(28)15-2-4-17(5-3-15)26-11-16(21)10-22-26/h2-5,10-12,14H,6-9H2,1H3,(H,23,24,27). The number of halogens is 1. The van der Waals surface area contributed by atoms with Crippen molar-refractivity contribution in [2.24, 2.45) is 5.92 Å². The van der Waals surface area contributed by atoms with Crippen LogP contribution in [0, 0.1) is 12.8 Å². The largest absolute Gasteiger partial charge is 0.339 e. The van der Waals surface area contributed by atoms with Crippen LogP contribution in [0.5, 0.6) is 0 Å². The van der Waals surface area contributed by atoms with Crippen molar-refractivity contribution >= 4 is 44.2 Å². The fourth-order valence-electron chi connectivity index (χ4n) is 3.34. The van der Waals surface area contributed by atoms with Gasteiger partial charge in [0.05, 0.1) is 22.1 Å². The maximum Gasteiger partial charge on any atom is 0.253 e. The lowest BCUT2D eigenvalue weighted by Gasteiger charge is -2.31. The van der Waals surface area contributed by atoms with Crippen LogP contribution in [-0.4, -0.2) is 44.6 Å². The predicted octanol–water partition coefficient (Wildman–Crippen LogP) is 3.89. The van der Waals surface area contributed by atoms with Gasteiger partial charge < -0.3 is 10.2 Å². The van der Waals surface area contributed by atoms with Gasteiger partial charge in [0.15, 0.2) is 5.13 Å². The fourth-order valence-corrected chi connectivity index (χ4v) is 4.32. The molecule has 2 aromatic heterocycles. The summed E-state index contributed by atoms with van der Waals surface area (Å²) in [5.41, 5.74) is 2.43. The summed E-state index contributed by atoms with van der Waals surface area (Å²) in [6, 6.07) is 7.39. The van der Waals surface area contributed by atoms with Crippen LogP contribution in [-0.2, 0) is 4.79 Å². The van der Waals surface area contributed by atoms with Crippen molar-refractivity contribution in [2.75, 3.05) is 18.4 Å². The van der Waals surface area contributed by atoms with Crippen molar-refractivity contribution in [3.8, 4) is 5.69 Å². The lowest BCUT2D eigenvalue weighted by Crippen LogP contribution is -2.41. The zero-order chi connectivity index (χ0) is 20.4. The summed E-state index contributed by atoms with van der Waals surface area (Å²) in [5, 5.41) is 9.67. The number of amides is 2. The van der Waals surface area contributed by atoms with E-state index in [1.165, 1.54) is 11.3 Å². The summed E-state index contributed by atoms with van der Waals surface area (Å²) in [5.74, 6) is -0.113. The Kier molecular flexibility index (Phi) is 5.77. The van der Waals surface area contributed by atoms with E-state index >= 15 is 0 Å². The zero-order valence-corrected chi connectivity index (χ0v) is 18.2. The average molecular weight is 474 g/mol. The maximum atomic E-state index is 12.8. The number of rotatable bonds is 4. The molecule has 0 bridgehead atoms. The number of carbonyl (C=O) groups excluding carboxylic acids is 2. The molecule has 29 heavy (non-hydrogen) atoms. The molecule has 0 unspecified atom stereocenters. The summed E-state index contributed by atoms with van der Waals surface area (Å²) in [6.45, 7) is 3.04. The second kappa shape index (κ2) is 8.46. The van der Waals surface area contributed by atoms with Gasteiger partial charge in [-0.3, -0.25) is 9.59 Å². The van der Waals surface area contributed by atoms with Gasteiger partial charge in [0, 0.05) is 36.1 Å². The van der Waals surface area contributed by atoms with Crippen LogP contribution >= 0.6 is 27.3 Å². The van der Waals surface area contributed by atoms with Crippen molar-refractivity contribution in [1.82, 2.24) is 19.7 Å². The number of aryl methyl sites for hydroxylation is 1. The molecule has 1 N–H and O–H groups in total. The summed E-state index contributed by atoms with van der Waals surface area (Å²) in [6.07, 6.45) is 4.89. The second-order valence-corrected chi connectivity index (χ2v) is 8.77. The average Bonchev–Trinajstić information content (AvgIpc) is 3.35. The molecule has 3 heterocycles. The molecular formula is C20H20BrN5O2S. The van der Waals surface area contributed by atoms with Crippen molar-refractivity contribution in [2.45, 2.75) is 19.8 Å². The van der Waals surface area contributed by atoms with Gasteiger partial charge >= 0.3 is 0 Å². The van der Waals surface area contributed by atoms with Crippen LogP contribution in [0.4, 0.5) is 5.13 Å². The third-order valence-corrected chi connectivity index (χ3v) is 6.22. The van der Waals surface area contributed by atoms with Crippen molar-refractivity contribution in [3.05, 3.63) is 57.8 Å². The molecule has 1 aliphatic heterocycles. The van der Waals surface area contributed by atoms with Crippen LogP contribution in [0.15, 0.2) is 46.5 Å². The molecule has 0 radical (unpaired) electrons. The molecule has 150 valence electrons. The highest BCUT2D eigenvalue weighted by molar-refractivity contribution is 9.10. The maximum absolute atomic E-state index is 12.8. The first kappa shape index (κ1) is 19.8. The minimum absolute atomic E-state index is 0.00685. The van der Waals surface area contributed by atoms with Gasteiger partial charge in [-0.15, -0.1) is 11.3 Å². The fraction of sp³-hybridized carbons (Fsp3) is 0.300. The van der Waals surface area contributed by atoms with Gasteiger partial charge in [-0.2, -0.15) is 5.10 Å². The van der Waals surface area contributed by atoms with E-state index in [0.717, 1.165) is 15.9 Å². The third-order valence-electron chi connectivity index (χ3n) is 4.93. The van der Waals surface area contributed by atoms with E-state index in [4.69, 9.17) is 0 Å². The second-order valence-electron chi connectivity index (χ2n) is 7.00. The number of carbonyl (C=O) groups is 2. The molecule has 7 nitrogen and oxygen atoms in total. The molecular weight excluding hydrogens is 454 g/mol. The van der Waals surface area contributed by atoms with Crippen molar-refractivity contribution in [1.29, 1.82) is 0 Å². The van der Waals surface area contributed by atoms with E-state index in [1.54, 1.807) is 10.9 Å². The van der Waals surface area contributed by atoms with Gasteiger partial charge in [0.1, 0.15) is 0 Å². The Labute approximate surface area is 180 Å². The van der Waals surface area contributed by atoms with Gasteiger partial charge in [0.25, 0.3) is 5.91 Å². The van der Waals surface area contributed by atoms with E-state index in [9.17, 15) is 9.59 Å². The Morgan fingerprint density at radius 2 is 1.93 bits per heavy atom. The topological polar surface area (TPSA) is 80.1 Å². The highest BCUT2D eigenvalue weighted by Gasteiger charge is 2.28. The lowest BCUT2D eigenvalue weighted by atomic mass is 9.95. The molecule has 3 aromatic rings. The molecule has 4 rings (SSSR count). The van der Waals surface area contributed by atoms with E-state index in [2.05, 4.69) is 31.3 Å². The first-order chi connectivity index (χ1) is 14.0. The molecule has 2 amide bonds. The quantitative estimate of drug-likeness (QED) is 0.622. The number of hydrogen-bond donors (Lipinski definition) is 1. The van der Waals surface area contributed by atoms with Crippen LogP contribution in [0.2, 0.25) is 0 Å². The Hall–Kier alpha value is -2.52. The Morgan fingerprint density at radius 3 is 2.52 bits per heavy atom. The smallest absolute Gasteiger partial charge is 0.253 e. The number of anilines is 1. The van der Waals surface area contributed by atoms with Gasteiger partial charge in [0.2, 0.25) is 5.91 Å². The highest BCUT2D eigenvalue weighted by atomic mass is 79.9. The number of likely N-dealkylation sites (tertiary alicyclic amines) is 1. The van der Waals surface area contributed by atoms with E-state index in [0.29, 0.717) is 36.6 Å². The number of aromatic nitrogens is 3. The normalized spacial score (nSPS) is 14.8. The van der Waals surface area contributed by atoms with E-state index in [1.807, 2.05) is 47.7 Å². The lowest BCUT2D eigenvalue weighted by molar-refractivity contribution is -0.121. The monoisotopic (exact) mass is 473 g/mol. The SMILES string of the molecule is Cc1csc(NC(=O)C2CCN(C(=O)c3ccc(-n4cc(Br)cn4)cc3)CC2)n1. The minimum Gasteiger partial charge on any atom is -0.339 e. The van der Waals surface area contributed by atoms with Gasteiger partial charge in [-0.1, -0.05) is 0 Å². The summed E-state index contributed by atoms with van der Waals surface area (Å²) < 4.78 is 2.64. The molecule has 1 fully saturated rings. The number of nitrogens with one attached hydrogen (secondary N) is 1. The van der Waals surface area contributed by atoms with Crippen molar-refractivity contribution in [3.63, 3.8) is 0 Å². The van der Waals surface area contributed by atoms with Crippen LogP contribution in [0.25, 0.3) is 5.69 Å².